The number of likely N-dealkylation sites (tertiary alicyclic amines) is 1. The van der Waals surface area contributed by atoms with Gasteiger partial charge in [-0.15, -0.1) is 0 Å². The summed E-state index contributed by atoms with van der Waals surface area (Å²) in [5.41, 5.74) is 0. The zero-order valence-corrected chi connectivity index (χ0v) is 15.5. The number of carbonyl (C=O) groups is 1. The molecule has 2 aliphatic rings. The lowest BCUT2D eigenvalue weighted by atomic mass is 9.96. The standard InChI is InChI=1S/C19H31N5O/c1-15-6-3-4-11-24(15)16(2)14-22-18(25)17-7-12-23(13-8-17)19-20-9-5-10-21-19/h5,9-10,15-17H,3-4,6-8,11-14H2,1-2H3,(H,22,25). The Balaban J connectivity index is 1.42. The SMILES string of the molecule is CC1CCCCN1C(C)CNC(=O)C1CCN(c2ncccn2)CC1. The van der Waals surface area contributed by atoms with Crippen molar-refractivity contribution in [3.05, 3.63) is 18.5 Å². The fourth-order valence-corrected chi connectivity index (χ4v) is 4.08. The van der Waals surface area contributed by atoms with E-state index < -0.39 is 0 Å². The first kappa shape index (κ1) is 18.1. The summed E-state index contributed by atoms with van der Waals surface area (Å²) in [7, 11) is 0. The molecule has 2 atom stereocenters. The number of hydrogen-bond acceptors (Lipinski definition) is 5. The number of piperidine rings is 2. The number of hydrogen-bond donors (Lipinski definition) is 1. The molecule has 3 heterocycles. The first-order valence-electron chi connectivity index (χ1n) is 9.70. The summed E-state index contributed by atoms with van der Waals surface area (Å²) in [6.07, 6.45) is 9.17. The third-order valence-electron chi connectivity index (χ3n) is 5.69. The molecule has 2 saturated heterocycles. The topological polar surface area (TPSA) is 61.4 Å². The molecule has 0 saturated carbocycles. The number of nitrogens with one attached hydrogen (secondary N) is 1. The Morgan fingerprint density at radius 1 is 1.20 bits per heavy atom. The molecule has 1 N–H and O–H groups in total. The van der Waals surface area contributed by atoms with Crippen LogP contribution in [-0.2, 0) is 4.79 Å². The number of rotatable bonds is 5. The van der Waals surface area contributed by atoms with Crippen LogP contribution < -0.4 is 10.2 Å². The molecular weight excluding hydrogens is 314 g/mol. The monoisotopic (exact) mass is 345 g/mol. The summed E-state index contributed by atoms with van der Waals surface area (Å²) in [6, 6.07) is 2.88. The van der Waals surface area contributed by atoms with Crippen molar-refractivity contribution in [3.63, 3.8) is 0 Å². The number of carbonyl (C=O) groups excluding carboxylic acids is 1. The van der Waals surface area contributed by atoms with Crippen molar-refractivity contribution in [2.24, 2.45) is 5.92 Å². The van der Waals surface area contributed by atoms with Crippen LogP contribution in [0.4, 0.5) is 5.95 Å². The number of nitrogens with zero attached hydrogens (tertiary/aromatic N) is 4. The first-order valence-corrected chi connectivity index (χ1v) is 9.70. The van der Waals surface area contributed by atoms with Crippen molar-refractivity contribution < 1.29 is 4.79 Å². The second-order valence-electron chi connectivity index (χ2n) is 7.49. The lowest BCUT2D eigenvalue weighted by molar-refractivity contribution is -0.125. The van der Waals surface area contributed by atoms with Gasteiger partial charge in [0.1, 0.15) is 0 Å². The molecule has 6 heteroatoms. The van der Waals surface area contributed by atoms with Crippen LogP contribution in [-0.4, -0.2) is 59.0 Å². The highest BCUT2D eigenvalue weighted by Gasteiger charge is 2.27. The van der Waals surface area contributed by atoms with Crippen LogP contribution in [0.15, 0.2) is 18.5 Å². The normalized spacial score (nSPS) is 24.1. The summed E-state index contributed by atoms with van der Waals surface area (Å²) in [5.74, 6) is 1.10. The molecule has 1 aromatic rings. The second-order valence-corrected chi connectivity index (χ2v) is 7.49. The Kier molecular flexibility index (Phi) is 6.24. The molecule has 2 fully saturated rings. The molecule has 1 aromatic heterocycles. The summed E-state index contributed by atoms with van der Waals surface area (Å²) in [4.78, 5) is 25.8. The van der Waals surface area contributed by atoms with Crippen LogP contribution in [0.2, 0.25) is 0 Å². The van der Waals surface area contributed by atoms with Gasteiger partial charge in [-0.1, -0.05) is 6.42 Å². The Labute approximate surface area is 151 Å². The van der Waals surface area contributed by atoms with E-state index in [1.807, 2.05) is 6.07 Å². The van der Waals surface area contributed by atoms with Crippen molar-refractivity contribution in [2.75, 3.05) is 31.1 Å². The van der Waals surface area contributed by atoms with Crippen LogP contribution in [0.3, 0.4) is 0 Å². The maximum Gasteiger partial charge on any atom is 0.225 e. The highest BCUT2D eigenvalue weighted by molar-refractivity contribution is 5.79. The summed E-state index contributed by atoms with van der Waals surface area (Å²) < 4.78 is 0. The molecule has 2 aliphatic heterocycles. The van der Waals surface area contributed by atoms with Gasteiger partial charge < -0.3 is 10.2 Å². The zero-order chi connectivity index (χ0) is 17.6. The van der Waals surface area contributed by atoms with Gasteiger partial charge in [0.15, 0.2) is 0 Å². The van der Waals surface area contributed by atoms with E-state index in [0.717, 1.165) is 45.0 Å². The van der Waals surface area contributed by atoms with Crippen LogP contribution in [0.25, 0.3) is 0 Å². The highest BCUT2D eigenvalue weighted by Crippen LogP contribution is 2.21. The van der Waals surface area contributed by atoms with E-state index >= 15 is 0 Å². The minimum Gasteiger partial charge on any atom is -0.354 e. The molecule has 25 heavy (non-hydrogen) atoms. The third kappa shape index (κ3) is 4.69. The van der Waals surface area contributed by atoms with Crippen molar-refractivity contribution in [3.8, 4) is 0 Å². The molecular formula is C19H31N5O. The summed E-state index contributed by atoms with van der Waals surface area (Å²) >= 11 is 0. The van der Waals surface area contributed by atoms with Gasteiger partial charge >= 0.3 is 0 Å². The van der Waals surface area contributed by atoms with Crippen LogP contribution >= 0.6 is 0 Å². The third-order valence-corrected chi connectivity index (χ3v) is 5.69. The van der Waals surface area contributed by atoms with Gasteiger partial charge in [0.25, 0.3) is 0 Å². The smallest absolute Gasteiger partial charge is 0.225 e. The lowest BCUT2D eigenvalue weighted by Gasteiger charge is -2.38. The van der Waals surface area contributed by atoms with Crippen LogP contribution in [0.5, 0.6) is 0 Å². The molecule has 138 valence electrons. The number of amides is 1. The maximum atomic E-state index is 12.5. The van der Waals surface area contributed by atoms with Crippen molar-refractivity contribution in [1.29, 1.82) is 0 Å². The van der Waals surface area contributed by atoms with Gasteiger partial charge in [-0.25, -0.2) is 9.97 Å². The molecule has 0 spiro atoms. The van der Waals surface area contributed by atoms with Crippen molar-refractivity contribution in [1.82, 2.24) is 20.2 Å². The van der Waals surface area contributed by atoms with Gasteiger partial charge in [0, 0.05) is 50.0 Å². The number of aromatic nitrogens is 2. The predicted molar refractivity (Wildman–Crippen MR) is 99.5 cm³/mol. The van der Waals surface area contributed by atoms with Gasteiger partial charge in [-0.3, -0.25) is 9.69 Å². The molecule has 0 radical (unpaired) electrons. The minimum atomic E-state index is 0.117. The van der Waals surface area contributed by atoms with Gasteiger partial charge in [-0.2, -0.15) is 0 Å². The molecule has 2 unspecified atom stereocenters. The van der Waals surface area contributed by atoms with Crippen molar-refractivity contribution >= 4 is 11.9 Å². The van der Waals surface area contributed by atoms with E-state index in [4.69, 9.17) is 0 Å². The first-order chi connectivity index (χ1) is 12.1. The Morgan fingerprint density at radius 3 is 2.60 bits per heavy atom. The lowest BCUT2D eigenvalue weighted by Crippen LogP contribution is -2.49. The van der Waals surface area contributed by atoms with E-state index in [1.54, 1.807) is 12.4 Å². The predicted octanol–water partition coefficient (Wildman–Crippen LogP) is 2.07. The largest absolute Gasteiger partial charge is 0.354 e. The van der Waals surface area contributed by atoms with E-state index in [0.29, 0.717) is 12.1 Å². The zero-order valence-electron chi connectivity index (χ0n) is 15.5. The molecule has 0 bridgehead atoms. The Morgan fingerprint density at radius 2 is 1.92 bits per heavy atom. The van der Waals surface area contributed by atoms with E-state index in [-0.39, 0.29) is 11.8 Å². The second kappa shape index (κ2) is 8.61. The Bertz CT molecular complexity index is 544. The van der Waals surface area contributed by atoms with Gasteiger partial charge in [0.2, 0.25) is 11.9 Å². The highest BCUT2D eigenvalue weighted by atomic mass is 16.1. The Hall–Kier alpha value is -1.69. The minimum absolute atomic E-state index is 0.117. The van der Waals surface area contributed by atoms with Crippen LogP contribution in [0.1, 0.15) is 46.0 Å². The molecule has 1 amide bonds. The van der Waals surface area contributed by atoms with E-state index in [9.17, 15) is 4.79 Å². The van der Waals surface area contributed by atoms with Crippen molar-refractivity contribution in [2.45, 2.75) is 58.0 Å². The number of anilines is 1. The van der Waals surface area contributed by atoms with Gasteiger partial charge in [0.05, 0.1) is 0 Å². The molecule has 0 aromatic carbocycles. The van der Waals surface area contributed by atoms with Gasteiger partial charge in [-0.05, 0) is 52.1 Å². The average molecular weight is 345 g/mol. The fourth-order valence-electron chi connectivity index (χ4n) is 4.08. The average Bonchev–Trinajstić information content (AvgIpc) is 2.67. The summed E-state index contributed by atoms with van der Waals surface area (Å²) in [5, 5.41) is 3.19. The molecule has 3 rings (SSSR count). The summed E-state index contributed by atoms with van der Waals surface area (Å²) in [6.45, 7) is 8.15. The molecule has 0 aliphatic carbocycles. The quantitative estimate of drug-likeness (QED) is 0.885. The van der Waals surface area contributed by atoms with E-state index in [2.05, 4.69) is 38.9 Å². The fraction of sp³-hybridized carbons (Fsp3) is 0.737. The molecule has 6 nitrogen and oxygen atoms in total. The maximum absolute atomic E-state index is 12.5. The van der Waals surface area contributed by atoms with E-state index in [1.165, 1.54) is 19.3 Å². The van der Waals surface area contributed by atoms with Crippen LogP contribution in [0, 0.1) is 5.92 Å².